The van der Waals surface area contributed by atoms with Gasteiger partial charge in [-0.1, -0.05) is 18.5 Å². The molecule has 5 nitrogen and oxygen atoms in total. The summed E-state index contributed by atoms with van der Waals surface area (Å²) in [6.07, 6.45) is 2.15. The summed E-state index contributed by atoms with van der Waals surface area (Å²) in [6.45, 7) is 6.16. The van der Waals surface area contributed by atoms with E-state index in [2.05, 4.69) is 16.8 Å². The highest BCUT2D eigenvalue weighted by Crippen LogP contribution is 2.17. The Kier molecular flexibility index (Phi) is 3.92. The lowest BCUT2D eigenvalue weighted by Crippen LogP contribution is -2.43. The number of hydrogen-bond acceptors (Lipinski definition) is 3. The van der Waals surface area contributed by atoms with Crippen molar-refractivity contribution in [2.75, 3.05) is 13.1 Å². The lowest BCUT2D eigenvalue weighted by Gasteiger charge is -2.23. The van der Waals surface area contributed by atoms with Crippen LogP contribution in [-0.2, 0) is 6.54 Å². The number of H-pyrrole nitrogens is 1. The molecule has 0 radical (unpaired) electrons. The third-order valence-corrected chi connectivity index (χ3v) is 4.03. The summed E-state index contributed by atoms with van der Waals surface area (Å²) in [5, 5.41) is 0.139. The quantitative estimate of drug-likeness (QED) is 0.834. The van der Waals surface area contributed by atoms with Crippen LogP contribution in [0.2, 0.25) is 5.15 Å². The first-order chi connectivity index (χ1) is 8.54. The van der Waals surface area contributed by atoms with E-state index in [0.29, 0.717) is 12.1 Å². The Morgan fingerprint density at radius 3 is 2.83 bits per heavy atom. The van der Waals surface area contributed by atoms with Crippen molar-refractivity contribution in [3.8, 4) is 0 Å². The van der Waals surface area contributed by atoms with E-state index >= 15 is 0 Å². The Bertz CT molecular complexity index is 549. The molecule has 1 unspecified atom stereocenters. The number of halogens is 1. The van der Waals surface area contributed by atoms with Gasteiger partial charge >= 0.3 is 5.69 Å². The van der Waals surface area contributed by atoms with E-state index in [0.717, 1.165) is 25.9 Å². The number of likely N-dealkylation sites (tertiary alicyclic amines) is 1. The largest absolute Gasteiger partial charge is 0.329 e. The second kappa shape index (κ2) is 5.28. The van der Waals surface area contributed by atoms with Crippen LogP contribution < -0.4 is 11.2 Å². The molecule has 2 heterocycles. The van der Waals surface area contributed by atoms with E-state index in [1.54, 1.807) is 6.92 Å². The average molecular weight is 272 g/mol. The molecular formula is C12H18ClN3O2. The van der Waals surface area contributed by atoms with Crippen LogP contribution in [0.4, 0.5) is 0 Å². The fourth-order valence-electron chi connectivity index (χ4n) is 2.54. The van der Waals surface area contributed by atoms with Gasteiger partial charge in [-0.3, -0.25) is 19.2 Å². The maximum Gasteiger partial charge on any atom is 0.329 e. The highest BCUT2D eigenvalue weighted by molar-refractivity contribution is 6.30. The molecular weight excluding hydrogens is 254 g/mol. The van der Waals surface area contributed by atoms with Crippen LogP contribution in [0.3, 0.4) is 0 Å². The highest BCUT2D eigenvalue weighted by Gasteiger charge is 2.24. The molecule has 1 aliphatic rings. The molecule has 6 heteroatoms. The van der Waals surface area contributed by atoms with Crippen molar-refractivity contribution in [2.24, 2.45) is 0 Å². The third kappa shape index (κ3) is 2.37. The zero-order chi connectivity index (χ0) is 13.3. The van der Waals surface area contributed by atoms with Gasteiger partial charge in [-0.2, -0.15) is 0 Å². The predicted molar refractivity (Wildman–Crippen MR) is 71.3 cm³/mol. The van der Waals surface area contributed by atoms with Crippen molar-refractivity contribution in [3.05, 3.63) is 31.6 Å². The van der Waals surface area contributed by atoms with Crippen LogP contribution in [0.25, 0.3) is 0 Å². The summed E-state index contributed by atoms with van der Waals surface area (Å²) in [5.41, 5.74) is -0.303. The molecule has 1 saturated heterocycles. The first-order valence-electron chi connectivity index (χ1n) is 6.27. The van der Waals surface area contributed by atoms with E-state index in [4.69, 9.17) is 11.6 Å². The van der Waals surface area contributed by atoms with Gasteiger partial charge in [0.1, 0.15) is 5.15 Å². The molecule has 1 aromatic heterocycles. The number of hydrogen-bond donors (Lipinski definition) is 1. The monoisotopic (exact) mass is 271 g/mol. The lowest BCUT2D eigenvalue weighted by atomic mass is 10.2. The summed E-state index contributed by atoms with van der Waals surface area (Å²) in [4.78, 5) is 28.6. The topological polar surface area (TPSA) is 58.1 Å². The van der Waals surface area contributed by atoms with Crippen molar-refractivity contribution in [1.82, 2.24) is 14.5 Å². The molecule has 1 atom stereocenters. The molecule has 1 fully saturated rings. The summed E-state index contributed by atoms with van der Waals surface area (Å²) in [6, 6.07) is 0.273. The lowest BCUT2D eigenvalue weighted by molar-refractivity contribution is 0.240. The minimum absolute atomic E-state index is 0.139. The number of nitrogens with zero attached hydrogens (tertiary/aromatic N) is 2. The third-order valence-electron chi connectivity index (χ3n) is 3.66. The number of aromatic nitrogens is 2. The summed E-state index contributed by atoms with van der Waals surface area (Å²) >= 11 is 5.78. The molecule has 18 heavy (non-hydrogen) atoms. The van der Waals surface area contributed by atoms with Gasteiger partial charge in [0.2, 0.25) is 0 Å². The number of likely N-dealkylation sites (N-methyl/N-ethyl adjacent to an activating group) is 1. The highest BCUT2D eigenvalue weighted by atomic mass is 35.5. The van der Waals surface area contributed by atoms with E-state index in [-0.39, 0.29) is 16.8 Å². The van der Waals surface area contributed by atoms with Crippen LogP contribution in [0.1, 0.15) is 25.3 Å². The van der Waals surface area contributed by atoms with Gasteiger partial charge in [0.15, 0.2) is 0 Å². The van der Waals surface area contributed by atoms with Gasteiger partial charge in [0.25, 0.3) is 5.56 Å². The molecule has 1 N–H and O–H groups in total. The average Bonchev–Trinajstić information content (AvgIpc) is 2.79. The molecule has 0 saturated carbocycles. The van der Waals surface area contributed by atoms with Crippen molar-refractivity contribution >= 4 is 11.6 Å². The molecule has 1 aromatic rings. The minimum atomic E-state index is -0.418. The van der Waals surface area contributed by atoms with Gasteiger partial charge in [0.05, 0.1) is 0 Å². The first kappa shape index (κ1) is 13.4. The Labute approximate surface area is 110 Å². The maximum absolute atomic E-state index is 12.0. The van der Waals surface area contributed by atoms with Crippen molar-refractivity contribution < 1.29 is 0 Å². The SMILES string of the molecule is CCN1CCCC1Cn1c(=O)[nH]c(Cl)c(C)c1=O. The van der Waals surface area contributed by atoms with Crippen molar-refractivity contribution in [3.63, 3.8) is 0 Å². The molecule has 0 aliphatic carbocycles. The van der Waals surface area contributed by atoms with E-state index < -0.39 is 5.69 Å². The van der Waals surface area contributed by atoms with Gasteiger partial charge < -0.3 is 0 Å². The number of nitrogens with one attached hydrogen (secondary N) is 1. The van der Waals surface area contributed by atoms with Crippen molar-refractivity contribution in [2.45, 2.75) is 39.3 Å². The first-order valence-corrected chi connectivity index (χ1v) is 6.65. The molecule has 0 spiro atoms. The normalized spacial score (nSPS) is 20.5. The zero-order valence-electron chi connectivity index (χ0n) is 10.7. The standard InChI is InChI=1S/C12H18ClN3O2/c1-3-15-6-4-5-9(15)7-16-11(17)8(2)10(13)14-12(16)18/h9H,3-7H2,1-2H3,(H,14,18). The van der Waals surface area contributed by atoms with Crippen LogP contribution in [0, 0.1) is 6.92 Å². The minimum Gasteiger partial charge on any atom is -0.299 e. The summed E-state index contributed by atoms with van der Waals surface area (Å²) < 4.78 is 1.26. The number of rotatable bonds is 3. The zero-order valence-corrected chi connectivity index (χ0v) is 11.5. The Hall–Kier alpha value is -1.07. The van der Waals surface area contributed by atoms with Gasteiger partial charge in [-0.15, -0.1) is 0 Å². The fraction of sp³-hybridized carbons (Fsp3) is 0.667. The van der Waals surface area contributed by atoms with E-state index in [9.17, 15) is 9.59 Å². The summed E-state index contributed by atoms with van der Waals surface area (Å²) in [7, 11) is 0. The Morgan fingerprint density at radius 2 is 2.17 bits per heavy atom. The van der Waals surface area contributed by atoms with E-state index in [1.807, 2.05) is 0 Å². The smallest absolute Gasteiger partial charge is 0.299 e. The summed E-state index contributed by atoms with van der Waals surface area (Å²) in [5.74, 6) is 0. The van der Waals surface area contributed by atoms with Gasteiger partial charge in [-0.25, -0.2) is 4.79 Å². The van der Waals surface area contributed by atoms with Gasteiger partial charge in [0, 0.05) is 18.2 Å². The second-order valence-electron chi connectivity index (χ2n) is 4.71. The molecule has 0 bridgehead atoms. The van der Waals surface area contributed by atoms with Crippen LogP contribution >= 0.6 is 11.6 Å². The van der Waals surface area contributed by atoms with E-state index in [1.165, 1.54) is 4.57 Å². The molecule has 2 rings (SSSR count). The second-order valence-corrected chi connectivity index (χ2v) is 5.09. The van der Waals surface area contributed by atoms with Crippen LogP contribution in [0.5, 0.6) is 0 Å². The molecule has 100 valence electrons. The Balaban J connectivity index is 2.33. The van der Waals surface area contributed by atoms with Crippen molar-refractivity contribution in [1.29, 1.82) is 0 Å². The van der Waals surface area contributed by atoms with Gasteiger partial charge in [-0.05, 0) is 32.9 Å². The fourth-order valence-corrected chi connectivity index (χ4v) is 2.70. The molecule has 0 amide bonds. The predicted octanol–water partition coefficient (Wildman–Crippen LogP) is 0.983. The van der Waals surface area contributed by atoms with Crippen LogP contribution in [-0.4, -0.2) is 33.6 Å². The molecule has 1 aliphatic heterocycles. The molecule has 0 aromatic carbocycles. The maximum atomic E-state index is 12.0. The number of aromatic amines is 1. The Morgan fingerprint density at radius 1 is 1.44 bits per heavy atom. The van der Waals surface area contributed by atoms with Crippen LogP contribution in [0.15, 0.2) is 9.59 Å².